The molecule has 0 aliphatic heterocycles. The van der Waals surface area contributed by atoms with Crippen molar-refractivity contribution < 1.29 is 19.3 Å². The number of nitrogens with one attached hydrogen (secondary N) is 1. The predicted molar refractivity (Wildman–Crippen MR) is 80.7 cm³/mol. The summed E-state index contributed by atoms with van der Waals surface area (Å²) in [4.78, 5) is 47.8. The summed E-state index contributed by atoms with van der Waals surface area (Å²) in [5, 5.41) is 13.6. The first kappa shape index (κ1) is 15.3. The van der Waals surface area contributed by atoms with E-state index >= 15 is 0 Å². The first-order chi connectivity index (χ1) is 10.7. The number of anilines is 1. The van der Waals surface area contributed by atoms with Crippen molar-refractivity contribution in [1.82, 2.24) is 0 Å². The van der Waals surface area contributed by atoms with Crippen molar-refractivity contribution in [3.05, 3.63) is 34.4 Å². The number of amides is 1. The van der Waals surface area contributed by atoms with E-state index in [0.29, 0.717) is 12.8 Å². The van der Waals surface area contributed by atoms with E-state index in [9.17, 15) is 24.5 Å². The summed E-state index contributed by atoms with van der Waals surface area (Å²) in [7, 11) is 0. The van der Waals surface area contributed by atoms with Crippen molar-refractivity contribution >= 4 is 28.8 Å². The second kappa shape index (κ2) is 4.71. The molecular weight excluding hydrogens is 300 g/mol. The molecule has 7 heteroatoms. The van der Waals surface area contributed by atoms with E-state index in [0.717, 1.165) is 0 Å². The van der Waals surface area contributed by atoms with Crippen LogP contribution in [0.3, 0.4) is 0 Å². The molecule has 23 heavy (non-hydrogen) atoms. The number of carbonyl (C=O) groups excluding carboxylic acids is 3. The maximum Gasteiger partial charge on any atom is 0.292 e. The zero-order valence-electron chi connectivity index (χ0n) is 12.8. The molecule has 2 saturated carbocycles. The number of nitro benzene ring substituents is 1. The molecule has 2 fully saturated rings. The number of ketones is 2. The maximum absolute atomic E-state index is 12.8. The number of carbonyl (C=O) groups is 3. The largest absolute Gasteiger partial charge is 0.319 e. The lowest BCUT2D eigenvalue weighted by atomic mass is 9.68. The monoisotopic (exact) mass is 316 g/mol. The van der Waals surface area contributed by atoms with Crippen LogP contribution in [0.2, 0.25) is 0 Å². The van der Waals surface area contributed by atoms with Gasteiger partial charge in [-0.15, -0.1) is 0 Å². The number of Topliss-reactive ketones (excluding diaryl/α,β-unsaturated/α-hetero) is 2. The number of benzene rings is 1. The number of rotatable bonds is 3. The fourth-order valence-electron chi connectivity index (χ4n) is 4.05. The van der Waals surface area contributed by atoms with Crippen LogP contribution in [-0.4, -0.2) is 22.4 Å². The van der Waals surface area contributed by atoms with Crippen LogP contribution in [0.25, 0.3) is 0 Å². The second-order valence-electron chi connectivity index (χ2n) is 6.64. The van der Waals surface area contributed by atoms with E-state index in [2.05, 4.69) is 5.32 Å². The van der Waals surface area contributed by atoms with Gasteiger partial charge in [-0.3, -0.25) is 24.5 Å². The smallest absolute Gasteiger partial charge is 0.292 e. The van der Waals surface area contributed by atoms with Crippen molar-refractivity contribution in [3.8, 4) is 0 Å². The molecule has 120 valence electrons. The summed E-state index contributed by atoms with van der Waals surface area (Å²) in [6, 6.07) is 5.74. The lowest BCUT2D eigenvalue weighted by Crippen LogP contribution is -2.47. The Balaban J connectivity index is 2.00. The Bertz CT molecular complexity index is 755. The number of fused-ring (bicyclic) bond motifs is 2. The third-order valence-electron chi connectivity index (χ3n) is 5.44. The zero-order valence-corrected chi connectivity index (χ0v) is 12.8. The molecule has 0 saturated heterocycles. The third-order valence-corrected chi connectivity index (χ3v) is 5.44. The molecule has 0 heterocycles. The molecule has 2 aliphatic rings. The summed E-state index contributed by atoms with van der Waals surface area (Å²) in [6.45, 7) is 3.49. The highest BCUT2D eigenvalue weighted by molar-refractivity contribution is 6.48. The van der Waals surface area contributed by atoms with Gasteiger partial charge < -0.3 is 5.32 Å². The Morgan fingerprint density at radius 1 is 1.30 bits per heavy atom. The minimum Gasteiger partial charge on any atom is -0.319 e. The van der Waals surface area contributed by atoms with Crippen molar-refractivity contribution in [2.24, 2.45) is 16.7 Å². The van der Waals surface area contributed by atoms with Crippen LogP contribution in [0.5, 0.6) is 0 Å². The third kappa shape index (κ3) is 1.79. The first-order valence-electron chi connectivity index (χ1n) is 7.37. The minimum atomic E-state index is -1.43. The highest BCUT2D eigenvalue weighted by Crippen LogP contribution is 2.62. The van der Waals surface area contributed by atoms with Gasteiger partial charge >= 0.3 is 0 Å². The van der Waals surface area contributed by atoms with Crippen molar-refractivity contribution in [2.75, 3.05) is 5.32 Å². The Morgan fingerprint density at radius 3 is 2.52 bits per heavy atom. The van der Waals surface area contributed by atoms with Crippen LogP contribution >= 0.6 is 0 Å². The molecule has 7 nitrogen and oxygen atoms in total. The normalized spacial score (nSPS) is 28.0. The van der Waals surface area contributed by atoms with Gasteiger partial charge in [-0.2, -0.15) is 0 Å². The lowest BCUT2D eigenvalue weighted by molar-refractivity contribution is -0.383. The van der Waals surface area contributed by atoms with Gasteiger partial charge in [0, 0.05) is 12.0 Å². The molecule has 1 aromatic carbocycles. The highest BCUT2D eigenvalue weighted by Gasteiger charge is 2.72. The first-order valence-corrected chi connectivity index (χ1v) is 7.37. The Morgan fingerprint density at radius 2 is 1.96 bits per heavy atom. The molecule has 0 radical (unpaired) electrons. The Labute approximate surface area is 132 Å². The zero-order chi connectivity index (χ0) is 17.0. The molecule has 1 N–H and O–H groups in total. The molecule has 0 spiro atoms. The fraction of sp³-hybridized carbons (Fsp3) is 0.438. The molecule has 2 unspecified atom stereocenters. The summed E-state index contributed by atoms with van der Waals surface area (Å²) in [5.74, 6) is -2.25. The van der Waals surface area contributed by atoms with E-state index in [1.54, 1.807) is 19.9 Å². The SMILES string of the molecule is CC1(C)C2CCC1(C(=O)Nc1ccccc1[N+](=O)[O-])C(=O)C2=O. The van der Waals surface area contributed by atoms with Crippen LogP contribution in [0, 0.1) is 26.9 Å². The molecule has 2 atom stereocenters. The Hall–Kier alpha value is -2.57. The van der Waals surface area contributed by atoms with Gasteiger partial charge in [0.2, 0.25) is 17.5 Å². The fourth-order valence-corrected chi connectivity index (χ4v) is 4.05. The lowest BCUT2D eigenvalue weighted by Gasteiger charge is -2.33. The molecule has 0 aromatic heterocycles. The van der Waals surface area contributed by atoms with Crippen LogP contribution in [0.15, 0.2) is 24.3 Å². The van der Waals surface area contributed by atoms with Gasteiger partial charge in [0.25, 0.3) is 5.69 Å². The maximum atomic E-state index is 12.8. The summed E-state index contributed by atoms with van der Waals surface area (Å²) in [6.07, 6.45) is 0.781. The topological polar surface area (TPSA) is 106 Å². The van der Waals surface area contributed by atoms with Gasteiger partial charge in [0.15, 0.2) is 0 Å². The second-order valence-corrected chi connectivity index (χ2v) is 6.64. The molecule has 3 rings (SSSR count). The molecule has 2 bridgehead atoms. The highest BCUT2D eigenvalue weighted by atomic mass is 16.6. The van der Waals surface area contributed by atoms with Crippen LogP contribution < -0.4 is 5.32 Å². The number of nitro groups is 1. The van der Waals surface area contributed by atoms with E-state index in [4.69, 9.17) is 0 Å². The van der Waals surface area contributed by atoms with Crippen LogP contribution in [0.4, 0.5) is 11.4 Å². The number of nitrogens with zero attached hydrogens (tertiary/aromatic N) is 1. The van der Waals surface area contributed by atoms with Crippen molar-refractivity contribution in [1.29, 1.82) is 0 Å². The molecule has 1 aromatic rings. The van der Waals surface area contributed by atoms with E-state index < -0.39 is 39.1 Å². The van der Waals surface area contributed by atoms with Gasteiger partial charge in [-0.25, -0.2) is 0 Å². The van der Waals surface area contributed by atoms with Crippen LogP contribution in [-0.2, 0) is 14.4 Å². The Kier molecular flexibility index (Phi) is 3.14. The average Bonchev–Trinajstić information content (AvgIpc) is 2.84. The van der Waals surface area contributed by atoms with E-state index in [1.807, 2.05) is 0 Å². The predicted octanol–water partition coefficient (Wildman–Crippen LogP) is 2.11. The quantitative estimate of drug-likeness (QED) is 0.398. The molecule has 1 amide bonds. The van der Waals surface area contributed by atoms with Gasteiger partial charge in [0.1, 0.15) is 11.1 Å². The van der Waals surface area contributed by atoms with Crippen molar-refractivity contribution in [2.45, 2.75) is 26.7 Å². The summed E-state index contributed by atoms with van der Waals surface area (Å²) in [5.41, 5.74) is -2.43. The van der Waals surface area contributed by atoms with Gasteiger partial charge in [-0.1, -0.05) is 26.0 Å². The average molecular weight is 316 g/mol. The number of para-hydroxylation sites is 2. The van der Waals surface area contributed by atoms with Gasteiger partial charge in [-0.05, 0) is 24.3 Å². The summed E-state index contributed by atoms with van der Waals surface area (Å²) >= 11 is 0. The molecule has 2 aliphatic carbocycles. The van der Waals surface area contributed by atoms with E-state index in [-0.39, 0.29) is 11.4 Å². The summed E-state index contributed by atoms with van der Waals surface area (Å²) < 4.78 is 0. The van der Waals surface area contributed by atoms with Gasteiger partial charge in [0.05, 0.1) is 4.92 Å². The number of hydrogen-bond donors (Lipinski definition) is 1. The number of hydrogen-bond acceptors (Lipinski definition) is 5. The van der Waals surface area contributed by atoms with Crippen molar-refractivity contribution in [3.63, 3.8) is 0 Å². The standard InChI is InChI=1S/C16H16N2O5/c1-15(2)9-7-8-16(15,13(20)12(9)19)14(21)17-10-5-3-4-6-11(10)18(22)23/h3-6,9H,7-8H2,1-2H3,(H,17,21). The molecular formula is C16H16N2O5. The van der Waals surface area contributed by atoms with E-state index in [1.165, 1.54) is 18.2 Å². The van der Waals surface area contributed by atoms with Crippen LogP contribution in [0.1, 0.15) is 26.7 Å². The minimum absolute atomic E-state index is 0.0308.